The van der Waals surface area contributed by atoms with Gasteiger partial charge in [0.15, 0.2) is 0 Å². The number of likely N-dealkylation sites (N-methyl/N-ethyl adjacent to an activating group) is 1. The first-order valence-corrected chi connectivity index (χ1v) is 5.89. The number of hydrogen-bond donors (Lipinski definition) is 2. The van der Waals surface area contributed by atoms with Gasteiger partial charge in [0.25, 0.3) is 0 Å². The molecule has 2 saturated heterocycles. The van der Waals surface area contributed by atoms with Crippen molar-refractivity contribution in [3.63, 3.8) is 0 Å². The monoisotopic (exact) mass is 198 g/mol. The molecule has 82 valence electrons. The van der Waals surface area contributed by atoms with E-state index in [-0.39, 0.29) is 6.10 Å². The molecule has 0 amide bonds. The van der Waals surface area contributed by atoms with Gasteiger partial charge in [0, 0.05) is 25.2 Å². The Kier molecular flexibility index (Phi) is 3.42. The zero-order valence-electron chi connectivity index (χ0n) is 9.08. The number of nitrogens with zero attached hydrogens (tertiary/aromatic N) is 1. The van der Waals surface area contributed by atoms with Gasteiger partial charge in [-0.1, -0.05) is 6.42 Å². The molecule has 2 fully saturated rings. The van der Waals surface area contributed by atoms with Crippen molar-refractivity contribution >= 4 is 0 Å². The molecule has 0 spiro atoms. The van der Waals surface area contributed by atoms with Gasteiger partial charge >= 0.3 is 0 Å². The Morgan fingerprint density at radius 1 is 1.29 bits per heavy atom. The second kappa shape index (κ2) is 4.60. The summed E-state index contributed by atoms with van der Waals surface area (Å²) in [4.78, 5) is 2.55. The minimum absolute atomic E-state index is 0.193. The van der Waals surface area contributed by atoms with Crippen LogP contribution in [0.5, 0.6) is 0 Å². The number of fused-ring (bicyclic) bond motifs is 2. The van der Waals surface area contributed by atoms with Crippen LogP contribution in [0.3, 0.4) is 0 Å². The van der Waals surface area contributed by atoms with Crippen molar-refractivity contribution in [1.82, 2.24) is 10.2 Å². The largest absolute Gasteiger partial charge is 0.390 e. The standard InChI is InChI=1S/C11H22N2O/c1-12-7-11(14)8-13-9-3-2-4-10(13)6-5-9/h9-12,14H,2-8H2,1H3/t9-,10+,11-/m0/s1. The number of nitrogens with one attached hydrogen (secondary N) is 1. The van der Waals surface area contributed by atoms with Crippen molar-refractivity contribution in [1.29, 1.82) is 0 Å². The molecular weight excluding hydrogens is 176 g/mol. The van der Waals surface area contributed by atoms with Crippen LogP contribution in [0.4, 0.5) is 0 Å². The average Bonchev–Trinajstić information content (AvgIpc) is 2.41. The lowest BCUT2D eigenvalue weighted by Gasteiger charge is -2.35. The van der Waals surface area contributed by atoms with Crippen molar-refractivity contribution in [2.24, 2.45) is 0 Å². The molecule has 2 N–H and O–H groups in total. The Bertz CT molecular complexity index is 170. The summed E-state index contributed by atoms with van der Waals surface area (Å²) in [6.45, 7) is 1.59. The summed E-state index contributed by atoms with van der Waals surface area (Å²) >= 11 is 0. The van der Waals surface area contributed by atoms with E-state index < -0.39 is 0 Å². The van der Waals surface area contributed by atoms with E-state index in [4.69, 9.17) is 0 Å². The molecule has 14 heavy (non-hydrogen) atoms. The average molecular weight is 198 g/mol. The van der Waals surface area contributed by atoms with E-state index in [9.17, 15) is 5.11 Å². The summed E-state index contributed by atoms with van der Waals surface area (Å²) in [5.74, 6) is 0. The van der Waals surface area contributed by atoms with Gasteiger partial charge in [-0.2, -0.15) is 0 Å². The first-order chi connectivity index (χ1) is 6.81. The highest BCUT2D eigenvalue weighted by atomic mass is 16.3. The Morgan fingerprint density at radius 2 is 1.93 bits per heavy atom. The molecule has 2 bridgehead atoms. The fourth-order valence-electron chi connectivity index (χ4n) is 3.07. The van der Waals surface area contributed by atoms with E-state index in [0.29, 0.717) is 0 Å². The highest BCUT2D eigenvalue weighted by Crippen LogP contribution is 2.35. The third kappa shape index (κ3) is 2.10. The SMILES string of the molecule is CNC[C@H](O)CN1[C@@H]2CCC[C@H]1CC2. The molecule has 0 saturated carbocycles. The summed E-state index contributed by atoms with van der Waals surface area (Å²) in [5, 5.41) is 12.8. The van der Waals surface area contributed by atoms with Gasteiger partial charge in [0.2, 0.25) is 0 Å². The Labute approximate surface area is 86.5 Å². The van der Waals surface area contributed by atoms with Gasteiger partial charge in [-0.15, -0.1) is 0 Å². The van der Waals surface area contributed by atoms with E-state index in [1.807, 2.05) is 7.05 Å². The van der Waals surface area contributed by atoms with E-state index >= 15 is 0 Å². The van der Waals surface area contributed by atoms with Crippen LogP contribution >= 0.6 is 0 Å². The second-order valence-electron chi connectivity index (χ2n) is 4.72. The lowest BCUT2D eigenvalue weighted by molar-refractivity contribution is 0.0632. The third-order valence-corrected chi connectivity index (χ3v) is 3.71. The molecule has 3 atom stereocenters. The molecule has 0 unspecified atom stereocenters. The number of aliphatic hydroxyl groups excluding tert-OH is 1. The first kappa shape index (κ1) is 10.4. The van der Waals surface area contributed by atoms with Crippen molar-refractivity contribution in [3.05, 3.63) is 0 Å². The summed E-state index contributed by atoms with van der Waals surface area (Å²) in [7, 11) is 1.90. The van der Waals surface area contributed by atoms with Crippen LogP contribution in [-0.2, 0) is 0 Å². The van der Waals surface area contributed by atoms with E-state index in [1.54, 1.807) is 0 Å². The predicted octanol–water partition coefficient (Wildman–Crippen LogP) is 0.584. The maximum absolute atomic E-state index is 9.76. The fraction of sp³-hybridized carbons (Fsp3) is 1.00. The summed E-state index contributed by atoms with van der Waals surface area (Å²) in [6.07, 6.45) is 6.62. The lowest BCUT2D eigenvalue weighted by atomic mass is 10.0. The highest BCUT2D eigenvalue weighted by molar-refractivity contribution is 4.92. The van der Waals surface area contributed by atoms with Crippen LogP contribution in [0.1, 0.15) is 32.1 Å². The number of piperidine rings is 1. The van der Waals surface area contributed by atoms with Gasteiger partial charge in [0.1, 0.15) is 0 Å². The molecule has 2 aliphatic rings. The maximum atomic E-state index is 9.76. The van der Waals surface area contributed by atoms with Crippen LogP contribution in [0.15, 0.2) is 0 Å². The zero-order chi connectivity index (χ0) is 9.97. The van der Waals surface area contributed by atoms with Gasteiger partial charge in [-0.25, -0.2) is 0 Å². The van der Waals surface area contributed by atoms with Crippen LogP contribution < -0.4 is 5.32 Å². The molecule has 0 aromatic rings. The predicted molar refractivity (Wildman–Crippen MR) is 57.3 cm³/mol. The van der Waals surface area contributed by atoms with Gasteiger partial charge < -0.3 is 10.4 Å². The molecular formula is C11H22N2O. The van der Waals surface area contributed by atoms with Crippen LogP contribution in [0, 0.1) is 0 Å². The van der Waals surface area contributed by atoms with E-state index in [0.717, 1.165) is 25.2 Å². The summed E-state index contributed by atoms with van der Waals surface area (Å²) in [6, 6.07) is 1.56. The number of hydrogen-bond acceptors (Lipinski definition) is 3. The molecule has 0 radical (unpaired) electrons. The fourth-order valence-corrected chi connectivity index (χ4v) is 3.07. The molecule has 0 aliphatic carbocycles. The van der Waals surface area contributed by atoms with Crippen molar-refractivity contribution in [2.45, 2.75) is 50.3 Å². The highest BCUT2D eigenvalue weighted by Gasteiger charge is 2.36. The molecule has 3 heteroatoms. The molecule has 2 aliphatic heterocycles. The summed E-state index contributed by atoms with van der Waals surface area (Å²) < 4.78 is 0. The third-order valence-electron chi connectivity index (χ3n) is 3.71. The Morgan fingerprint density at radius 3 is 2.50 bits per heavy atom. The van der Waals surface area contributed by atoms with Crippen molar-refractivity contribution < 1.29 is 5.11 Å². The number of aliphatic hydroxyl groups is 1. The second-order valence-corrected chi connectivity index (χ2v) is 4.72. The minimum atomic E-state index is -0.193. The topological polar surface area (TPSA) is 35.5 Å². The number of rotatable bonds is 4. The van der Waals surface area contributed by atoms with Gasteiger partial charge in [-0.3, -0.25) is 4.90 Å². The van der Waals surface area contributed by atoms with Gasteiger partial charge in [0.05, 0.1) is 6.10 Å². The summed E-state index contributed by atoms with van der Waals surface area (Å²) in [5.41, 5.74) is 0. The van der Waals surface area contributed by atoms with Crippen LogP contribution in [0.25, 0.3) is 0 Å². The zero-order valence-corrected chi connectivity index (χ0v) is 9.08. The molecule has 2 rings (SSSR count). The smallest absolute Gasteiger partial charge is 0.0791 e. The van der Waals surface area contributed by atoms with Crippen LogP contribution in [-0.4, -0.2) is 48.3 Å². The van der Waals surface area contributed by atoms with Gasteiger partial charge in [-0.05, 0) is 32.7 Å². The van der Waals surface area contributed by atoms with E-state index in [1.165, 1.54) is 32.1 Å². The van der Waals surface area contributed by atoms with E-state index in [2.05, 4.69) is 10.2 Å². The molecule has 0 aromatic heterocycles. The first-order valence-electron chi connectivity index (χ1n) is 5.89. The molecule has 2 heterocycles. The molecule has 0 aromatic carbocycles. The van der Waals surface area contributed by atoms with Crippen molar-refractivity contribution in [2.75, 3.05) is 20.1 Å². The Hall–Kier alpha value is -0.120. The maximum Gasteiger partial charge on any atom is 0.0791 e. The van der Waals surface area contributed by atoms with Crippen LogP contribution in [0.2, 0.25) is 0 Å². The minimum Gasteiger partial charge on any atom is -0.390 e. The quantitative estimate of drug-likeness (QED) is 0.694. The lowest BCUT2D eigenvalue weighted by Crippen LogP contribution is -2.46. The molecule has 3 nitrogen and oxygen atoms in total. The Balaban J connectivity index is 1.85. The van der Waals surface area contributed by atoms with Crippen molar-refractivity contribution in [3.8, 4) is 0 Å². The normalized spacial score (nSPS) is 34.7.